The van der Waals surface area contributed by atoms with E-state index in [2.05, 4.69) is 25.3 Å². The molecule has 3 aromatic rings. The maximum Gasteiger partial charge on any atom is 0.323 e. The lowest BCUT2D eigenvalue weighted by Gasteiger charge is -2.07. The Bertz CT molecular complexity index is 859. The Balaban J connectivity index is 1.62. The van der Waals surface area contributed by atoms with Crippen LogP contribution in [-0.4, -0.2) is 37.0 Å². The summed E-state index contributed by atoms with van der Waals surface area (Å²) in [6.45, 7) is 3.25. The molecule has 0 saturated carbocycles. The standard InChI is InChI=1S/C14H16N6O2/c1-9-16-4-6-20(9)5-2-3-17-13(21)10-7-15-8-11-12(10)19-14(22)18-11/h4,6-8H,2-3,5H2,1H3,(H,17,21)(H2,18,19,22). The van der Waals surface area contributed by atoms with E-state index in [9.17, 15) is 9.59 Å². The van der Waals surface area contributed by atoms with Crippen LogP contribution in [0.3, 0.4) is 0 Å². The van der Waals surface area contributed by atoms with Gasteiger partial charge < -0.3 is 19.9 Å². The van der Waals surface area contributed by atoms with Crippen LogP contribution in [0.25, 0.3) is 11.0 Å². The summed E-state index contributed by atoms with van der Waals surface area (Å²) >= 11 is 0. The topological polar surface area (TPSA) is 108 Å². The summed E-state index contributed by atoms with van der Waals surface area (Å²) in [5.41, 5.74) is 0.997. The minimum atomic E-state index is -0.354. The molecule has 0 aliphatic rings. The Kier molecular flexibility index (Phi) is 3.73. The van der Waals surface area contributed by atoms with E-state index < -0.39 is 0 Å². The number of fused-ring (bicyclic) bond motifs is 1. The monoisotopic (exact) mass is 300 g/mol. The van der Waals surface area contributed by atoms with Gasteiger partial charge in [0.05, 0.1) is 22.8 Å². The normalized spacial score (nSPS) is 11.0. The van der Waals surface area contributed by atoms with E-state index in [4.69, 9.17) is 0 Å². The van der Waals surface area contributed by atoms with E-state index in [1.807, 2.05) is 17.7 Å². The molecule has 0 bridgehead atoms. The largest absolute Gasteiger partial charge is 0.352 e. The minimum Gasteiger partial charge on any atom is -0.352 e. The Hall–Kier alpha value is -2.90. The fourth-order valence-corrected chi connectivity index (χ4v) is 2.32. The fraction of sp³-hybridized carbons (Fsp3) is 0.286. The van der Waals surface area contributed by atoms with Crippen molar-refractivity contribution in [2.45, 2.75) is 19.9 Å². The number of aryl methyl sites for hydroxylation is 2. The van der Waals surface area contributed by atoms with Crippen molar-refractivity contribution < 1.29 is 4.79 Å². The van der Waals surface area contributed by atoms with Crippen molar-refractivity contribution in [2.75, 3.05) is 6.54 Å². The molecule has 114 valence electrons. The molecule has 3 N–H and O–H groups in total. The number of H-pyrrole nitrogens is 2. The first-order chi connectivity index (χ1) is 10.6. The van der Waals surface area contributed by atoms with Crippen molar-refractivity contribution >= 4 is 16.9 Å². The van der Waals surface area contributed by atoms with Crippen molar-refractivity contribution in [3.05, 3.63) is 46.7 Å². The van der Waals surface area contributed by atoms with Crippen molar-refractivity contribution in [1.29, 1.82) is 0 Å². The van der Waals surface area contributed by atoms with Gasteiger partial charge in [-0.3, -0.25) is 9.78 Å². The highest BCUT2D eigenvalue weighted by Crippen LogP contribution is 2.10. The number of nitrogens with zero attached hydrogens (tertiary/aromatic N) is 3. The second kappa shape index (κ2) is 5.84. The van der Waals surface area contributed by atoms with Crippen LogP contribution < -0.4 is 11.0 Å². The molecule has 0 unspecified atom stereocenters. The molecule has 0 aliphatic carbocycles. The van der Waals surface area contributed by atoms with Gasteiger partial charge in [0.15, 0.2) is 0 Å². The smallest absolute Gasteiger partial charge is 0.323 e. The SMILES string of the molecule is Cc1nccn1CCCNC(=O)c1cncc2[nH]c(=O)[nH]c12. The van der Waals surface area contributed by atoms with Crippen LogP contribution in [0.15, 0.2) is 29.6 Å². The van der Waals surface area contributed by atoms with Gasteiger partial charge in [0.25, 0.3) is 5.91 Å². The van der Waals surface area contributed by atoms with Gasteiger partial charge in [-0.2, -0.15) is 0 Å². The number of hydrogen-bond donors (Lipinski definition) is 3. The zero-order chi connectivity index (χ0) is 15.5. The molecule has 0 aromatic carbocycles. The Labute approximate surface area is 125 Å². The number of aromatic nitrogens is 5. The summed E-state index contributed by atoms with van der Waals surface area (Å²) in [5, 5.41) is 2.83. The van der Waals surface area contributed by atoms with E-state index in [0.29, 0.717) is 23.1 Å². The second-order valence-electron chi connectivity index (χ2n) is 4.97. The third-order valence-corrected chi connectivity index (χ3v) is 3.46. The molecule has 0 spiro atoms. The zero-order valence-electron chi connectivity index (χ0n) is 12.1. The maximum absolute atomic E-state index is 12.2. The number of carbonyl (C=O) groups is 1. The highest BCUT2D eigenvalue weighted by Gasteiger charge is 2.12. The number of rotatable bonds is 5. The maximum atomic E-state index is 12.2. The molecule has 0 aliphatic heterocycles. The van der Waals surface area contributed by atoms with Crippen molar-refractivity contribution in [3.63, 3.8) is 0 Å². The van der Waals surface area contributed by atoms with Crippen LogP contribution in [0.4, 0.5) is 0 Å². The molecule has 3 heterocycles. The fourth-order valence-electron chi connectivity index (χ4n) is 2.32. The zero-order valence-corrected chi connectivity index (χ0v) is 12.1. The molecule has 1 amide bonds. The van der Waals surface area contributed by atoms with Gasteiger partial charge in [-0.05, 0) is 13.3 Å². The van der Waals surface area contributed by atoms with E-state index in [-0.39, 0.29) is 11.6 Å². The third kappa shape index (κ3) is 2.76. The minimum absolute atomic E-state index is 0.254. The van der Waals surface area contributed by atoms with Gasteiger partial charge in [-0.25, -0.2) is 9.78 Å². The second-order valence-corrected chi connectivity index (χ2v) is 4.97. The summed E-state index contributed by atoms with van der Waals surface area (Å²) in [6, 6.07) is 0. The predicted molar refractivity (Wildman–Crippen MR) is 80.6 cm³/mol. The van der Waals surface area contributed by atoms with Gasteiger partial charge in [-0.1, -0.05) is 0 Å². The van der Waals surface area contributed by atoms with Crippen LogP contribution >= 0.6 is 0 Å². The molecule has 0 atom stereocenters. The van der Waals surface area contributed by atoms with E-state index in [1.165, 1.54) is 12.4 Å². The van der Waals surface area contributed by atoms with Crippen LogP contribution in [0.5, 0.6) is 0 Å². The quantitative estimate of drug-likeness (QED) is 0.599. The highest BCUT2D eigenvalue weighted by molar-refractivity contribution is 6.04. The number of imidazole rings is 2. The summed E-state index contributed by atoms with van der Waals surface area (Å²) in [5.74, 6) is 0.695. The van der Waals surface area contributed by atoms with Crippen molar-refractivity contribution in [1.82, 2.24) is 29.8 Å². The van der Waals surface area contributed by atoms with E-state index >= 15 is 0 Å². The molecule has 8 nitrogen and oxygen atoms in total. The summed E-state index contributed by atoms with van der Waals surface area (Å²) in [7, 11) is 0. The van der Waals surface area contributed by atoms with Crippen LogP contribution in [0.2, 0.25) is 0 Å². The average Bonchev–Trinajstić information content (AvgIpc) is 3.07. The molecule has 0 fully saturated rings. The van der Waals surface area contributed by atoms with Crippen LogP contribution in [-0.2, 0) is 6.54 Å². The first-order valence-electron chi connectivity index (χ1n) is 6.97. The van der Waals surface area contributed by atoms with Crippen LogP contribution in [0.1, 0.15) is 22.6 Å². The lowest BCUT2D eigenvalue weighted by atomic mass is 10.2. The number of amides is 1. The Morgan fingerprint density at radius 3 is 3.00 bits per heavy atom. The highest BCUT2D eigenvalue weighted by atomic mass is 16.2. The van der Waals surface area contributed by atoms with Gasteiger partial charge in [-0.15, -0.1) is 0 Å². The molecular weight excluding hydrogens is 284 g/mol. The number of hydrogen-bond acceptors (Lipinski definition) is 4. The predicted octanol–water partition coefficient (Wildman–Crippen LogP) is 0.576. The molecular formula is C14H16N6O2. The summed E-state index contributed by atoms with van der Waals surface area (Å²) < 4.78 is 2.03. The number of pyridine rings is 1. The molecule has 3 aromatic heterocycles. The number of carbonyl (C=O) groups excluding carboxylic acids is 1. The van der Waals surface area contributed by atoms with Gasteiger partial charge >= 0.3 is 5.69 Å². The summed E-state index contributed by atoms with van der Waals surface area (Å²) in [6.07, 6.45) is 7.40. The van der Waals surface area contributed by atoms with Crippen molar-refractivity contribution in [2.24, 2.45) is 0 Å². The van der Waals surface area contributed by atoms with E-state index in [0.717, 1.165) is 18.8 Å². The van der Waals surface area contributed by atoms with E-state index in [1.54, 1.807) is 6.20 Å². The molecule has 8 heteroatoms. The van der Waals surface area contributed by atoms with Gasteiger partial charge in [0.2, 0.25) is 0 Å². The first-order valence-corrected chi connectivity index (χ1v) is 6.97. The third-order valence-electron chi connectivity index (χ3n) is 3.46. The number of nitrogens with one attached hydrogen (secondary N) is 3. The van der Waals surface area contributed by atoms with Crippen molar-refractivity contribution in [3.8, 4) is 0 Å². The van der Waals surface area contributed by atoms with Crippen LogP contribution in [0, 0.1) is 6.92 Å². The lowest BCUT2D eigenvalue weighted by molar-refractivity contribution is 0.0954. The first kappa shape index (κ1) is 14.1. The Morgan fingerprint density at radius 1 is 1.36 bits per heavy atom. The number of aromatic amines is 2. The molecule has 0 radical (unpaired) electrons. The van der Waals surface area contributed by atoms with Gasteiger partial charge in [0, 0.05) is 31.7 Å². The lowest BCUT2D eigenvalue weighted by Crippen LogP contribution is -2.25. The Morgan fingerprint density at radius 2 is 2.23 bits per heavy atom. The average molecular weight is 300 g/mol. The molecule has 22 heavy (non-hydrogen) atoms. The molecule has 0 saturated heterocycles. The molecule has 3 rings (SSSR count). The van der Waals surface area contributed by atoms with Gasteiger partial charge in [0.1, 0.15) is 5.82 Å². The summed E-state index contributed by atoms with van der Waals surface area (Å²) in [4.78, 5) is 36.8.